The van der Waals surface area contributed by atoms with Crippen LogP contribution in [0.5, 0.6) is 0 Å². The number of alkyl halides is 1. The van der Waals surface area contributed by atoms with Gasteiger partial charge in [-0.25, -0.2) is 4.98 Å². The number of aromatic nitrogens is 1. The van der Waals surface area contributed by atoms with Crippen LogP contribution in [0.3, 0.4) is 0 Å². The predicted octanol–water partition coefficient (Wildman–Crippen LogP) is 4.21. The van der Waals surface area contributed by atoms with Crippen LogP contribution in [0.4, 0.5) is 5.82 Å². The third-order valence-electron chi connectivity index (χ3n) is 2.67. The van der Waals surface area contributed by atoms with Crippen molar-refractivity contribution in [2.45, 2.75) is 12.3 Å². The standard InChI is InChI=1S/C13H14Cl2N2S/c1-17(5-4-11-3-2-6-18-11)13-12(15)7-10(8-14)9-16-13/h2-3,6-7,9H,4-5,8H2,1H3. The van der Waals surface area contributed by atoms with Gasteiger partial charge in [-0.1, -0.05) is 17.7 Å². The highest BCUT2D eigenvalue weighted by molar-refractivity contribution is 7.09. The Hall–Kier alpha value is -0.770. The smallest absolute Gasteiger partial charge is 0.147 e. The predicted molar refractivity (Wildman–Crippen MR) is 80.1 cm³/mol. The SMILES string of the molecule is CN(CCc1cccs1)c1ncc(CCl)cc1Cl. The van der Waals surface area contributed by atoms with Crippen LogP contribution in [-0.4, -0.2) is 18.6 Å². The lowest BCUT2D eigenvalue weighted by atomic mass is 10.3. The molecule has 2 aromatic heterocycles. The van der Waals surface area contributed by atoms with E-state index in [4.69, 9.17) is 23.2 Å². The average molecular weight is 301 g/mol. The van der Waals surface area contributed by atoms with Gasteiger partial charge in [-0.3, -0.25) is 0 Å². The Morgan fingerprint density at radius 2 is 2.28 bits per heavy atom. The Bertz CT molecular complexity index is 500. The summed E-state index contributed by atoms with van der Waals surface area (Å²) in [6, 6.07) is 6.09. The van der Waals surface area contributed by atoms with Crippen LogP contribution in [0.15, 0.2) is 29.8 Å². The molecule has 2 rings (SSSR count). The van der Waals surface area contributed by atoms with Crippen LogP contribution in [0.1, 0.15) is 10.4 Å². The van der Waals surface area contributed by atoms with Gasteiger partial charge in [0.1, 0.15) is 5.82 Å². The molecule has 5 heteroatoms. The normalized spacial score (nSPS) is 10.6. The van der Waals surface area contributed by atoms with E-state index in [0.717, 1.165) is 24.3 Å². The van der Waals surface area contributed by atoms with Crippen molar-refractivity contribution in [1.82, 2.24) is 4.98 Å². The lowest BCUT2D eigenvalue weighted by Gasteiger charge is -2.19. The van der Waals surface area contributed by atoms with E-state index >= 15 is 0 Å². The average Bonchev–Trinajstić information content (AvgIpc) is 2.88. The van der Waals surface area contributed by atoms with Gasteiger partial charge in [0, 0.05) is 30.5 Å². The Kier molecular flexibility index (Phi) is 4.87. The summed E-state index contributed by atoms with van der Waals surface area (Å²) in [5.41, 5.74) is 0.942. The molecule has 0 unspecified atom stereocenters. The number of halogens is 2. The zero-order valence-electron chi connectivity index (χ0n) is 10.1. The Balaban J connectivity index is 2.02. The summed E-state index contributed by atoms with van der Waals surface area (Å²) in [6.45, 7) is 0.896. The van der Waals surface area contributed by atoms with Gasteiger partial charge in [-0.15, -0.1) is 22.9 Å². The van der Waals surface area contributed by atoms with Crippen molar-refractivity contribution in [1.29, 1.82) is 0 Å². The minimum atomic E-state index is 0.436. The first-order valence-electron chi connectivity index (χ1n) is 5.64. The number of pyridine rings is 1. The second-order valence-electron chi connectivity index (χ2n) is 4.03. The summed E-state index contributed by atoms with van der Waals surface area (Å²) in [4.78, 5) is 7.80. The first-order valence-corrected chi connectivity index (χ1v) is 7.44. The van der Waals surface area contributed by atoms with Crippen molar-refractivity contribution >= 4 is 40.4 Å². The molecular weight excluding hydrogens is 287 g/mol. The van der Waals surface area contributed by atoms with E-state index in [9.17, 15) is 0 Å². The molecule has 0 aromatic carbocycles. The van der Waals surface area contributed by atoms with E-state index in [0.29, 0.717) is 10.9 Å². The third kappa shape index (κ3) is 3.37. The molecule has 2 heterocycles. The highest BCUT2D eigenvalue weighted by Gasteiger charge is 2.08. The molecule has 0 aliphatic carbocycles. The quantitative estimate of drug-likeness (QED) is 0.769. The Labute approximate surface area is 121 Å². The molecular formula is C13H14Cl2N2S. The highest BCUT2D eigenvalue weighted by Crippen LogP contribution is 2.24. The number of nitrogens with zero attached hydrogens (tertiary/aromatic N) is 2. The van der Waals surface area contributed by atoms with Crippen LogP contribution in [0.25, 0.3) is 0 Å². The van der Waals surface area contributed by atoms with Crippen LogP contribution in [0.2, 0.25) is 5.02 Å². The number of anilines is 1. The number of hydrogen-bond donors (Lipinski definition) is 0. The molecule has 0 spiro atoms. The molecule has 0 saturated heterocycles. The van der Waals surface area contributed by atoms with E-state index in [1.165, 1.54) is 4.88 Å². The van der Waals surface area contributed by atoms with Crippen molar-refractivity contribution in [3.05, 3.63) is 45.2 Å². The molecule has 0 aliphatic heterocycles. The molecule has 0 saturated carbocycles. The third-order valence-corrected chi connectivity index (χ3v) is 4.19. The van der Waals surface area contributed by atoms with Crippen molar-refractivity contribution < 1.29 is 0 Å². The summed E-state index contributed by atoms with van der Waals surface area (Å²) in [5.74, 6) is 1.24. The fraction of sp³-hybridized carbons (Fsp3) is 0.308. The van der Waals surface area contributed by atoms with Crippen molar-refractivity contribution in [2.75, 3.05) is 18.5 Å². The molecule has 0 fully saturated rings. The molecule has 0 N–H and O–H groups in total. The molecule has 2 nitrogen and oxygen atoms in total. The van der Waals surface area contributed by atoms with Gasteiger partial charge in [0.05, 0.1) is 5.02 Å². The first-order chi connectivity index (χ1) is 8.70. The van der Waals surface area contributed by atoms with Crippen LogP contribution in [0, 0.1) is 0 Å². The van der Waals surface area contributed by atoms with Gasteiger partial charge in [0.25, 0.3) is 0 Å². The van der Waals surface area contributed by atoms with Gasteiger partial charge in [-0.05, 0) is 29.5 Å². The maximum atomic E-state index is 6.20. The molecule has 0 radical (unpaired) electrons. The number of hydrogen-bond acceptors (Lipinski definition) is 3. The summed E-state index contributed by atoms with van der Waals surface area (Å²) >= 11 is 13.7. The number of likely N-dealkylation sites (N-methyl/N-ethyl adjacent to an activating group) is 1. The molecule has 0 atom stereocenters. The fourth-order valence-electron chi connectivity index (χ4n) is 1.66. The van der Waals surface area contributed by atoms with Crippen molar-refractivity contribution in [2.24, 2.45) is 0 Å². The maximum absolute atomic E-state index is 6.20. The van der Waals surface area contributed by atoms with E-state index in [1.807, 2.05) is 13.1 Å². The molecule has 0 amide bonds. The van der Waals surface area contributed by atoms with Gasteiger partial charge in [0.15, 0.2) is 0 Å². The minimum Gasteiger partial charge on any atom is -0.358 e. The van der Waals surface area contributed by atoms with Gasteiger partial charge >= 0.3 is 0 Å². The van der Waals surface area contributed by atoms with Crippen LogP contribution in [-0.2, 0) is 12.3 Å². The van der Waals surface area contributed by atoms with Crippen LogP contribution < -0.4 is 4.90 Å². The zero-order chi connectivity index (χ0) is 13.0. The summed E-state index contributed by atoms with van der Waals surface area (Å²) in [5, 5.41) is 2.75. The molecule has 18 heavy (non-hydrogen) atoms. The Morgan fingerprint density at radius 3 is 2.89 bits per heavy atom. The first kappa shape index (κ1) is 13.7. The molecule has 0 bridgehead atoms. The fourth-order valence-corrected chi connectivity index (χ4v) is 2.84. The van der Waals surface area contributed by atoms with Gasteiger partial charge in [-0.2, -0.15) is 0 Å². The topological polar surface area (TPSA) is 16.1 Å². The van der Waals surface area contributed by atoms with E-state index < -0.39 is 0 Å². The molecule has 2 aromatic rings. The summed E-state index contributed by atoms with van der Waals surface area (Å²) in [7, 11) is 2.00. The summed E-state index contributed by atoms with van der Waals surface area (Å²) in [6.07, 6.45) is 2.78. The van der Waals surface area contributed by atoms with E-state index in [-0.39, 0.29) is 0 Å². The maximum Gasteiger partial charge on any atom is 0.147 e. The van der Waals surface area contributed by atoms with Gasteiger partial charge < -0.3 is 4.90 Å². The van der Waals surface area contributed by atoms with Gasteiger partial charge in [0.2, 0.25) is 0 Å². The lowest BCUT2D eigenvalue weighted by molar-refractivity contribution is 0.868. The highest BCUT2D eigenvalue weighted by atomic mass is 35.5. The molecule has 0 aliphatic rings. The van der Waals surface area contributed by atoms with Crippen molar-refractivity contribution in [3.8, 4) is 0 Å². The minimum absolute atomic E-state index is 0.436. The summed E-state index contributed by atoms with van der Waals surface area (Å²) < 4.78 is 0. The van der Waals surface area contributed by atoms with E-state index in [1.54, 1.807) is 17.5 Å². The monoisotopic (exact) mass is 300 g/mol. The van der Waals surface area contributed by atoms with E-state index in [2.05, 4.69) is 27.4 Å². The second-order valence-corrected chi connectivity index (χ2v) is 5.74. The van der Waals surface area contributed by atoms with Crippen LogP contribution >= 0.6 is 34.5 Å². The number of thiophene rings is 1. The second kappa shape index (κ2) is 6.41. The van der Waals surface area contributed by atoms with Crippen molar-refractivity contribution in [3.63, 3.8) is 0 Å². The number of rotatable bonds is 5. The Morgan fingerprint density at radius 1 is 1.44 bits per heavy atom. The lowest BCUT2D eigenvalue weighted by Crippen LogP contribution is -2.21. The zero-order valence-corrected chi connectivity index (χ0v) is 12.4. The largest absolute Gasteiger partial charge is 0.358 e. The molecule has 96 valence electrons.